The Kier molecular flexibility index (Phi) is 4.53. The highest BCUT2D eigenvalue weighted by Crippen LogP contribution is 2.24. The summed E-state index contributed by atoms with van der Waals surface area (Å²) in [4.78, 5) is 12.4. The second kappa shape index (κ2) is 6.74. The molecule has 1 aliphatic carbocycles. The van der Waals surface area contributed by atoms with Gasteiger partial charge in [0.1, 0.15) is 5.76 Å². The van der Waals surface area contributed by atoms with Crippen LogP contribution in [0, 0.1) is 0 Å². The molecule has 0 bridgehead atoms. The molecular weight excluding hydrogens is 284 g/mol. The van der Waals surface area contributed by atoms with Crippen molar-refractivity contribution in [3.63, 3.8) is 0 Å². The van der Waals surface area contributed by atoms with Gasteiger partial charge in [-0.15, -0.1) is 0 Å². The Hall–Kier alpha value is -2.15. The minimum atomic E-state index is -0.238. The molecule has 0 saturated heterocycles. The van der Waals surface area contributed by atoms with Crippen LogP contribution in [0.5, 0.6) is 0 Å². The van der Waals surface area contributed by atoms with Crippen molar-refractivity contribution < 1.29 is 14.1 Å². The Morgan fingerprint density at radius 1 is 1.41 bits per heavy atom. The maximum atomic E-state index is 12.4. The zero-order valence-electron chi connectivity index (χ0n) is 12.7. The minimum Gasteiger partial charge on any atom is -0.383 e. The number of rotatable bonds is 5. The molecule has 3 rings (SSSR count). The molecule has 0 fully saturated rings. The number of carbonyl (C=O) groups is 1. The van der Waals surface area contributed by atoms with E-state index in [1.165, 1.54) is 0 Å². The van der Waals surface area contributed by atoms with E-state index in [-0.39, 0.29) is 5.91 Å². The molecule has 0 spiro atoms. The third-order valence-electron chi connectivity index (χ3n) is 3.83. The number of carbonyl (C=O) groups excluding carboxylic acids is 1. The zero-order valence-corrected chi connectivity index (χ0v) is 12.7. The quantitative estimate of drug-likeness (QED) is 0.855. The first kappa shape index (κ1) is 14.8. The number of hydrogen-bond acceptors (Lipinski definition) is 5. The van der Waals surface area contributed by atoms with E-state index in [4.69, 9.17) is 9.26 Å². The molecule has 1 N–H and O–H groups in total. The van der Waals surface area contributed by atoms with E-state index in [1.54, 1.807) is 24.2 Å². The number of fused-ring (bicyclic) bond motifs is 1. The number of methoxy groups -OCH3 is 1. The Morgan fingerprint density at radius 3 is 3.14 bits per heavy atom. The van der Waals surface area contributed by atoms with E-state index >= 15 is 0 Å². The minimum absolute atomic E-state index is 0.238. The lowest BCUT2D eigenvalue weighted by Crippen LogP contribution is -2.14. The van der Waals surface area contributed by atoms with Crippen molar-refractivity contribution >= 4 is 11.6 Å². The molecule has 7 nitrogen and oxygen atoms in total. The molecule has 0 saturated carbocycles. The molecule has 118 valence electrons. The van der Waals surface area contributed by atoms with Crippen molar-refractivity contribution in [1.82, 2.24) is 14.9 Å². The summed E-state index contributed by atoms with van der Waals surface area (Å²) in [6.07, 6.45) is 8.44. The van der Waals surface area contributed by atoms with Crippen molar-refractivity contribution in [3.8, 4) is 0 Å². The van der Waals surface area contributed by atoms with Crippen LogP contribution >= 0.6 is 0 Å². The first-order valence-corrected chi connectivity index (χ1v) is 7.58. The summed E-state index contributed by atoms with van der Waals surface area (Å²) in [6.45, 7) is 1.22. The number of ether oxygens (including phenoxy) is 1. The number of anilines is 1. The SMILES string of the molecule is COCCn1cc(NC(=O)c2noc3c2CCCCC3)cn1. The second-order valence-electron chi connectivity index (χ2n) is 5.43. The van der Waals surface area contributed by atoms with Crippen LogP contribution in [0.25, 0.3) is 0 Å². The van der Waals surface area contributed by atoms with Crippen LogP contribution in [0.4, 0.5) is 5.69 Å². The number of nitrogens with zero attached hydrogens (tertiary/aromatic N) is 3. The lowest BCUT2D eigenvalue weighted by atomic mass is 10.1. The molecule has 2 heterocycles. The van der Waals surface area contributed by atoms with Crippen LogP contribution in [-0.4, -0.2) is 34.6 Å². The number of nitrogens with one attached hydrogen (secondary N) is 1. The van der Waals surface area contributed by atoms with E-state index in [9.17, 15) is 4.79 Å². The highest BCUT2D eigenvalue weighted by atomic mass is 16.5. The van der Waals surface area contributed by atoms with Gasteiger partial charge in [-0.1, -0.05) is 11.6 Å². The highest BCUT2D eigenvalue weighted by molar-refractivity contribution is 6.03. The van der Waals surface area contributed by atoms with E-state index in [2.05, 4.69) is 15.6 Å². The van der Waals surface area contributed by atoms with Gasteiger partial charge in [0.2, 0.25) is 0 Å². The van der Waals surface area contributed by atoms with E-state index in [0.717, 1.165) is 43.4 Å². The molecule has 2 aromatic rings. The summed E-state index contributed by atoms with van der Waals surface area (Å²) in [6, 6.07) is 0. The lowest BCUT2D eigenvalue weighted by molar-refractivity contribution is 0.101. The van der Waals surface area contributed by atoms with Crippen molar-refractivity contribution in [1.29, 1.82) is 0 Å². The topological polar surface area (TPSA) is 82.2 Å². The third kappa shape index (κ3) is 3.19. The molecule has 0 atom stereocenters. The van der Waals surface area contributed by atoms with Gasteiger partial charge in [0, 0.05) is 25.3 Å². The second-order valence-corrected chi connectivity index (χ2v) is 5.43. The smallest absolute Gasteiger partial charge is 0.278 e. The average Bonchev–Trinajstić information content (AvgIpc) is 3.06. The molecule has 0 radical (unpaired) electrons. The summed E-state index contributed by atoms with van der Waals surface area (Å²) in [5, 5.41) is 11.0. The lowest BCUT2D eigenvalue weighted by Gasteiger charge is -2.02. The molecule has 7 heteroatoms. The van der Waals surface area contributed by atoms with Gasteiger partial charge in [-0.05, 0) is 19.3 Å². The maximum Gasteiger partial charge on any atom is 0.278 e. The van der Waals surface area contributed by atoms with Gasteiger partial charge >= 0.3 is 0 Å². The third-order valence-corrected chi connectivity index (χ3v) is 3.83. The van der Waals surface area contributed by atoms with Gasteiger partial charge in [-0.2, -0.15) is 5.10 Å². The van der Waals surface area contributed by atoms with Gasteiger partial charge in [-0.25, -0.2) is 0 Å². The summed E-state index contributed by atoms with van der Waals surface area (Å²) < 4.78 is 12.1. The van der Waals surface area contributed by atoms with Gasteiger partial charge in [0.05, 0.1) is 25.0 Å². The number of amides is 1. The van der Waals surface area contributed by atoms with Crippen LogP contribution in [0.1, 0.15) is 41.1 Å². The summed E-state index contributed by atoms with van der Waals surface area (Å²) in [5.74, 6) is 0.622. The Balaban J connectivity index is 1.69. The largest absolute Gasteiger partial charge is 0.383 e. The van der Waals surface area contributed by atoms with Crippen LogP contribution in [-0.2, 0) is 24.1 Å². The molecule has 22 heavy (non-hydrogen) atoms. The van der Waals surface area contributed by atoms with E-state index in [0.29, 0.717) is 24.5 Å². The number of aryl methyl sites for hydroxylation is 1. The zero-order chi connectivity index (χ0) is 15.4. The number of hydrogen-bond donors (Lipinski definition) is 1. The Bertz CT molecular complexity index is 647. The summed E-state index contributed by atoms with van der Waals surface area (Å²) in [7, 11) is 1.64. The van der Waals surface area contributed by atoms with E-state index in [1.807, 2.05) is 0 Å². The van der Waals surface area contributed by atoms with Crippen LogP contribution < -0.4 is 5.32 Å². The first-order valence-electron chi connectivity index (χ1n) is 7.58. The highest BCUT2D eigenvalue weighted by Gasteiger charge is 2.23. The van der Waals surface area contributed by atoms with Crippen molar-refractivity contribution in [2.75, 3.05) is 19.0 Å². The van der Waals surface area contributed by atoms with Crippen molar-refractivity contribution in [2.24, 2.45) is 0 Å². The summed E-state index contributed by atoms with van der Waals surface area (Å²) >= 11 is 0. The Morgan fingerprint density at radius 2 is 2.27 bits per heavy atom. The molecule has 2 aromatic heterocycles. The van der Waals surface area contributed by atoms with Crippen LogP contribution in [0.2, 0.25) is 0 Å². The predicted octanol–water partition coefficient (Wildman–Crippen LogP) is 2.04. The average molecular weight is 304 g/mol. The van der Waals surface area contributed by atoms with E-state index < -0.39 is 0 Å². The monoisotopic (exact) mass is 304 g/mol. The van der Waals surface area contributed by atoms with Gasteiger partial charge in [0.15, 0.2) is 5.69 Å². The molecule has 0 unspecified atom stereocenters. The molecule has 1 aliphatic rings. The molecule has 1 amide bonds. The number of aromatic nitrogens is 3. The molecule has 0 aliphatic heterocycles. The van der Waals surface area contributed by atoms with Gasteiger partial charge < -0.3 is 14.6 Å². The fourth-order valence-electron chi connectivity index (χ4n) is 2.67. The fraction of sp³-hybridized carbons (Fsp3) is 0.533. The van der Waals surface area contributed by atoms with Gasteiger partial charge in [0.25, 0.3) is 5.91 Å². The van der Waals surface area contributed by atoms with Crippen LogP contribution in [0.15, 0.2) is 16.9 Å². The molecular formula is C15H20N4O3. The van der Waals surface area contributed by atoms with Gasteiger partial charge in [-0.3, -0.25) is 9.48 Å². The molecule has 0 aromatic carbocycles. The van der Waals surface area contributed by atoms with Crippen molar-refractivity contribution in [3.05, 3.63) is 29.4 Å². The van der Waals surface area contributed by atoms with Crippen molar-refractivity contribution in [2.45, 2.75) is 38.6 Å². The Labute approximate surface area is 128 Å². The fourth-order valence-corrected chi connectivity index (χ4v) is 2.67. The normalized spacial score (nSPS) is 14.4. The predicted molar refractivity (Wildman–Crippen MR) is 79.8 cm³/mol. The first-order chi connectivity index (χ1) is 10.8. The van der Waals surface area contributed by atoms with Crippen LogP contribution in [0.3, 0.4) is 0 Å². The summed E-state index contributed by atoms with van der Waals surface area (Å²) in [5.41, 5.74) is 2.01. The standard InChI is InChI=1S/C15H20N4O3/c1-21-8-7-19-10-11(9-16-19)17-15(20)14-12-5-3-2-4-6-13(12)22-18-14/h9-10H,2-8H2,1H3,(H,17,20). The maximum absolute atomic E-state index is 12.4.